The predicted molar refractivity (Wildman–Crippen MR) is 106 cm³/mol. The maximum absolute atomic E-state index is 13.9. The summed E-state index contributed by atoms with van der Waals surface area (Å²) in [5.74, 6) is -0.0665. The van der Waals surface area contributed by atoms with E-state index in [4.69, 9.17) is 12.3 Å². The second-order valence-electron chi connectivity index (χ2n) is 7.09. The van der Waals surface area contributed by atoms with Crippen molar-refractivity contribution in [2.45, 2.75) is 44.3 Å². The van der Waals surface area contributed by atoms with E-state index in [1.54, 1.807) is 23.0 Å². The van der Waals surface area contributed by atoms with Crippen molar-refractivity contribution in [1.82, 2.24) is 14.8 Å². The van der Waals surface area contributed by atoms with E-state index < -0.39 is 5.82 Å². The monoisotopic (exact) mass is 380 g/mol. The van der Waals surface area contributed by atoms with Crippen LogP contribution < -0.4 is 16.6 Å². The fourth-order valence-corrected chi connectivity index (χ4v) is 3.94. The number of aromatic nitrogens is 3. The van der Waals surface area contributed by atoms with Crippen LogP contribution in [0.15, 0.2) is 35.3 Å². The van der Waals surface area contributed by atoms with Crippen LogP contribution in [0, 0.1) is 12.4 Å². The van der Waals surface area contributed by atoms with E-state index in [-0.39, 0.29) is 24.2 Å². The first kappa shape index (κ1) is 18.2. The maximum Gasteiger partial charge on any atom is 0.261 e. The van der Waals surface area contributed by atoms with Gasteiger partial charge in [-0.2, -0.15) is 5.10 Å². The SMILES string of the molecule is [C-]#[N+][C@H]1CCCC[C@@H]1n1nc(Nc2cc(F)cc(CN)c2)c2c(=O)[nH]ccc21. The lowest BCUT2D eigenvalue weighted by molar-refractivity contribution is 0.321. The molecule has 8 heteroatoms. The molecule has 2 heterocycles. The number of nitrogens with one attached hydrogen (secondary N) is 2. The summed E-state index contributed by atoms with van der Waals surface area (Å²) in [6.07, 6.45) is 5.29. The zero-order valence-corrected chi connectivity index (χ0v) is 15.3. The van der Waals surface area contributed by atoms with Crippen LogP contribution in [-0.2, 0) is 6.54 Å². The van der Waals surface area contributed by atoms with Gasteiger partial charge in [0.15, 0.2) is 5.82 Å². The first-order valence-electron chi connectivity index (χ1n) is 9.33. The molecule has 0 aliphatic heterocycles. The molecule has 4 rings (SSSR count). The van der Waals surface area contributed by atoms with Gasteiger partial charge >= 0.3 is 0 Å². The Morgan fingerprint density at radius 2 is 2.18 bits per heavy atom. The van der Waals surface area contributed by atoms with Gasteiger partial charge in [0.1, 0.15) is 17.2 Å². The molecular weight excluding hydrogens is 359 g/mol. The van der Waals surface area contributed by atoms with Gasteiger partial charge in [0.05, 0.1) is 5.52 Å². The minimum Gasteiger partial charge on any atom is -0.338 e. The van der Waals surface area contributed by atoms with Crippen LogP contribution in [-0.4, -0.2) is 20.8 Å². The normalized spacial score (nSPS) is 19.5. The summed E-state index contributed by atoms with van der Waals surface area (Å²) in [4.78, 5) is 19.0. The Hall–Kier alpha value is -3.18. The molecule has 144 valence electrons. The molecule has 0 amide bonds. The Morgan fingerprint density at radius 1 is 1.36 bits per heavy atom. The number of aromatic amines is 1. The van der Waals surface area contributed by atoms with E-state index >= 15 is 0 Å². The van der Waals surface area contributed by atoms with Crippen molar-refractivity contribution >= 4 is 22.4 Å². The van der Waals surface area contributed by atoms with E-state index in [0.29, 0.717) is 28.0 Å². The smallest absolute Gasteiger partial charge is 0.261 e. The van der Waals surface area contributed by atoms with Gasteiger partial charge in [-0.3, -0.25) is 9.48 Å². The second-order valence-corrected chi connectivity index (χ2v) is 7.09. The van der Waals surface area contributed by atoms with Crippen molar-refractivity contribution in [2.75, 3.05) is 5.32 Å². The van der Waals surface area contributed by atoms with Crippen LogP contribution in [0.4, 0.5) is 15.9 Å². The Kier molecular flexibility index (Phi) is 4.84. The standard InChI is InChI=1S/C20H21FN6O/c1-23-15-4-2-3-5-16(15)27-17-6-7-24-20(28)18(17)19(26-27)25-14-9-12(11-22)8-13(21)10-14/h6-10,15-16H,2-5,11,22H2,(H,24,28)(H,25,26)/t15-,16-/m0/s1. The second kappa shape index (κ2) is 7.44. The van der Waals surface area contributed by atoms with Crippen LogP contribution in [0.3, 0.4) is 0 Å². The molecule has 0 saturated heterocycles. The summed E-state index contributed by atoms with van der Waals surface area (Å²) in [6, 6.07) is 5.98. The highest BCUT2D eigenvalue weighted by Gasteiger charge is 2.33. The summed E-state index contributed by atoms with van der Waals surface area (Å²) in [6.45, 7) is 7.73. The van der Waals surface area contributed by atoms with Crippen molar-refractivity contribution in [2.24, 2.45) is 5.73 Å². The van der Waals surface area contributed by atoms with Crippen LogP contribution in [0.25, 0.3) is 15.7 Å². The zero-order chi connectivity index (χ0) is 19.7. The molecule has 1 saturated carbocycles. The number of rotatable bonds is 4. The fourth-order valence-electron chi connectivity index (χ4n) is 3.94. The molecule has 0 spiro atoms. The quantitative estimate of drug-likeness (QED) is 0.604. The lowest BCUT2D eigenvalue weighted by Crippen LogP contribution is -2.26. The number of nitrogens with zero attached hydrogens (tertiary/aromatic N) is 3. The molecule has 1 aromatic carbocycles. The Bertz CT molecular complexity index is 1110. The molecule has 0 bridgehead atoms. The number of hydrogen-bond donors (Lipinski definition) is 3. The number of hydrogen-bond acceptors (Lipinski definition) is 4. The first-order chi connectivity index (χ1) is 13.6. The molecule has 2 aromatic heterocycles. The summed E-state index contributed by atoms with van der Waals surface area (Å²) >= 11 is 0. The molecule has 1 aliphatic rings. The third-order valence-corrected chi connectivity index (χ3v) is 5.26. The average molecular weight is 380 g/mol. The lowest BCUT2D eigenvalue weighted by atomic mass is 9.91. The van der Waals surface area contributed by atoms with E-state index in [1.165, 1.54) is 12.1 Å². The van der Waals surface area contributed by atoms with Crippen LogP contribution in [0.2, 0.25) is 0 Å². The largest absolute Gasteiger partial charge is 0.338 e. The van der Waals surface area contributed by atoms with Crippen LogP contribution in [0.5, 0.6) is 0 Å². The van der Waals surface area contributed by atoms with E-state index in [9.17, 15) is 9.18 Å². The van der Waals surface area contributed by atoms with Crippen molar-refractivity contribution in [3.8, 4) is 0 Å². The number of benzene rings is 1. The number of nitrogens with two attached hydrogens (primary N) is 1. The van der Waals surface area contributed by atoms with Gasteiger partial charge in [-0.25, -0.2) is 11.0 Å². The van der Waals surface area contributed by atoms with Gasteiger partial charge in [0.2, 0.25) is 6.04 Å². The number of anilines is 2. The van der Waals surface area contributed by atoms with Gasteiger partial charge in [-0.15, -0.1) is 0 Å². The molecular formula is C20H21FN6O. The minimum atomic E-state index is -0.413. The van der Waals surface area contributed by atoms with E-state index in [0.717, 1.165) is 25.7 Å². The van der Waals surface area contributed by atoms with Gasteiger partial charge in [-0.1, -0.05) is 6.42 Å². The summed E-state index contributed by atoms with van der Waals surface area (Å²) < 4.78 is 15.7. The fraction of sp³-hybridized carbons (Fsp3) is 0.350. The van der Waals surface area contributed by atoms with E-state index in [1.807, 2.05) is 0 Å². The molecule has 2 atom stereocenters. The third kappa shape index (κ3) is 3.25. The summed E-state index contributed by atoms with van der Waals surface area (Å²) in [7, 11) is 0. The first-order valence-corrected chi connectivity index (χ1v) is 9.33. The average Bonchev–Trinajstić information content (AvgIpc) is 3.07. The van der Waals surface area contributed by atoms with Gasteiger partial charge in [-0.05, 0) is 42.7 Å². The van der Waals surface area contributed by atoms with Crippen molar-refractivity contribution in [1.29, 1.82) is 0 Å². The lowest BCUT2D eigenvalue weighted by Gasteiger charge is -2.24. The van der Waals surface area contributed by atoms with Crippen molar-refractivity contribution in [3.63, 3.8) is 0 Å². The third-order valence-electron chi connectivity index (χ3n) is 5.26. The number of pyridine rings is 1. The molecule has 3 aromatic rings. The Morgan fingerprint density at radius 3 is 2.96 bits per heavy atom. The highest BCUT2D eigenvalue weighted by atomic mass is 19.1. The molecule has 1 fully saturated rings. The highest BCUT2D eigenvalue weighted by Crippen LogP contribution is 2.34. The van der Waals surface area contributed by atoms with Crippen LogP contribution >= 0.6 is 0 Å². The molecule has 0 unspecified atom stereocenters. The molecule has 4 N–H and O–H groups in total. The molecule has 0 radical (unpaired) electrons. The number of fused-ring (bicyclic) bond motifs is 1. The number of H-pyrrole nitrogens is 1. The van der Waals surface area contributed by atoms with Gasteiger partial charge < -0.3 is 20.9 Å². The van der Waals surface area contributed by atoms with Crippen molar-refractivity contribution in [3.05, 3.63) is 63.6 Å². The number of halogens is 1. The van der Waals surface area contributed by atoms with Crippen molar-refractivity contribution < 1.29 is 4.39 Å². The highest BCUT2D eigenvalue weighted by molar-refractivity contribution is 5.91. The minimum absolute atomic E-state index is 0.0850. The van der Waals surface area contributed by atoms with E-state index in [2.05, 4.69) is 20.2 Å². The maximum atomic E-state index is 13.9. The zero-order valence-electron chi connectivity index (χ0n) is 15.3. The van der Waals surface area contributed by atoms with Crippen LogP contribution in [0.1, 0.15) is 37.3 Å². The Labute approximate surface area is 161 Å². The Balaban J connectivity index is 1.82. The van der Waals surface area contributed by atoms with Gasteiger partial charge in [0.25, 0.3) is 5.56 Å². The summed E-state index contributed by atoms with van der Waals surface area (Å²) in [5, 5.41) is 8.11. The molecule has 7 nitrogen and oxygen atoms in total. The summed E-state index contributed by atoms with van der Waals surface area (Å²) in [5.41, 5.74) is 7.13. The topological polar surface area (TPSA) is 93.1 Å². The van der Waals surface area contributed by atoms with Gasteiger partial charge in [0, 0.05) is 24.8 Å². The molecule has 1 aliphatic carbocycles. The predicted octanol–water partition coefficient (Wildman–Crippen LogP) is 3.47. The molecule has 28 heavy (non-hydrogen) atoms.